The van der Waals surface area contributed by atoms with E-state index >= 15 is 0 Å². The monoisotopic (exact) mass is 401 g/mol. The van der Waals surface area contributed by atoms with E-state index < -0.39 is 11.8 Å². The third-order valence-electron chi connectivity index (χ3n) is 5.45. The first-order chi connectivity index (χ1) is 13.8. The Hall–Kier alpha value is -3.23. The lowest BCUT2D eigenvalue weighted by molar-refractivity contribution is -0.123. The minimum absolute atomic E-state index is 0.00856. The number of anilines is 1. The maximum absolute atomic E-state index is 13.1. The SMILES string of the molecule is CNC(=O)c1ncn([C@H]2CC[C@H](C(=O)N(C)c3ccc(F)cc3)CC2)c1C(N)=O. The highest BCUT2D eigenvalue weighted by Gasteiger charge is 2.32. The van der Waals surface area contributed by atoms with Crippen molar-refractivity contribution in [3.63, 3.8) is 0 Å². The Balaban J connectivity index is 1.70. The number of amides is 3. The smallest absolute Gasteiger partial charge is 0.272 e. The van der Waals surface area contributed by atoms with Gasteiger partial charge in [-0.3, -0.25) is 14.4 Å². The van der Waals surface area contributed by atoms with Crippen LogP contribution in [0.15, 0.2) is 30.6 Å². The van der Waals surface area contributed by atoms with Crippen LogP contribution < -0.4 is 16.0 Å². The van der Waals surface area contributed by atoms with Crippen LogP contribution in [0.5, 0.6) is 0 Å². The van der Waals surface area contributed by atoms with Gasteiger partial charge in [-0.25, -0.2) is 9.37 Å². The fourth-order valence-electron chi connectivity index (χ4n) is 3.83. The lowest BCUT2D eigenvalue weighted by atomic mass is 9.85. The number of carbonyl (C=O) groups excluding carboxylic acids is 3. The van der Waals surface area contributed by atoms with Gasteiger partial charge in [0.25, 0.3) is 11.8 Å². The summed E-state index contributed by atoms with van der Waals surface area (Å²) < 4.78 is 14.8. The predicted molar refractivity (Wildman–Crippen MR) is 105 cm³/mol. The Morgan fingerprint density at radius 1 is 1.17 bits per heavy atom. The van der Waals surface area contributed by atoms with E-state index in [0.717, 1.165) is 0 Å². The molecule has 0 atom stereocenters. The van der Waals surface area contributed by atoms with Gasteiger partial charge in [-0.05, 0) is 49.9 Å². The Labute approximate surface area is 167 Å². The first-order valence-electron chi connectivity index (χ1n) is 9.45. The van der Waals surface area contributed by atoms with Crippen molar-refractivity contribution in [2.75, 3.05) is 19.0 Å². The molecule has 3 N–H and O–H groups in total. The van der Waals surface area contributed by atoms with E-state index in [1.807, 2.05) is 0 Å². The Bertz CT molecular complexity index is 917. The first-order valence-corrected chi connectivity index (χ1v) is 9.45. The molecular weight excluding hydrogens is 377 g/mol. The Kier molecular flexibility index (Phi) is 5.95. The zero-order valence-corrected chi connectivity index (χ0v) is 16.4. The predicted octanol–water partition coefficient (Wildman–Crippen LogP) is 1.87. The molecule has 0 aliphatic heterocycles. The molecule has 3 amide bonds. The summed E-state index contributed by atoms with van der Waals surface area (Å²) in [4.78, 5) is 42.3. The number of hydrogen-bond donors (Lipinski definition) is 2. The Morgan fingerprint density at radius 2 is 1.79 bits per heavy atom. The number of nitrogens with one attached hydrogen (secondary N) is 1. The molecule has 0 spiro atoms. The van der Waals surface area contributed by atoms with Crippen LogP contribution in [-0.4, -0.2) is 41.4 Å². The normalized spacial score (nSPS) is 18.9. The zero-order valence-electron chi connectivity index (χ0n) is 16.4. The highest BCUT2D eigenvalue weighted by molar-refractivity contribution is 6.04. The average Bonchev–Trinajstić information content (AvgIpc) is 3.18. The van der Waals surface area contributed by atoms with Crippen LogP contribution in [0, 0.1) is 11.7 Å². The van der Waals surface area contributed by atoms with Crippen LogP contribution in [-0.2, 0) is 4.79 Å². The second-order valence-electron chi connectivity index (χ2n) is 7.17. The molecular formula is C20H24FN5O3. The quantitative estimate of drug-likeness (QED) is 0.797. The van der Waals surface area contributed by atoms with Crippen LogP contribution in [0.25, 0.3) is 0 Å². The maximum atomic E-state index is 13.1. The molecule has 0 radical (unpaired) electrons. The van der Waals surface area contributed by atoms with Gasteiger partial charge in [-0.15, -0.1) is 0 Å². The molecule has 1 aliphatic rings. The largest absolute Gasteiger partial charge is 0.364 e. The molecule has 29 heavy (non-hydrogen) atoms. The van der Waals surface area contributed by atoms with Gasteiger partial charge in [0.2, 0.25) is 5.91 Å². The summed E-state index contributed by atoms with van der Waals surface area (Å²) in [6.07, 6.45) is 4.01. The Morgan fingerprint density at radius 3 is 2.34 bits per heavy atom. The lowest BCUT2D eigenvalue weighted by Crippen LogP contribution is -2.35. The second kappa shape index (κ2) is 8.42. The van der Waals surface area contributed by atoms with Crippen molar-refractivity contribution in [2.24, 2.45) is 11.7 Å². The summed E-state index contributed by atoms with van der Waals surface area (Å²) in [5, 5.41) is 2.45. The van der Waals surface area contributed by atoms with Crippen molar-refractivity contribution < 1.29 is 18.8 Å². The van der Waals surface area contributed by atoms with E-state index in [9.17, 15) is 18.8 Å². The number of hydrogen-bond acceptors (Lipinski definition) is 4. The summed E-state index contributed by atoms with van der Waals surface area (Å²) in [5.74, 6) is -1.73. The van der Waals surface area contributed by atoms with Gasteiger partial charge < -0.3 is 20.5 Å². The van der Waals surface area contributed by atoms with Gasteiger partial charge in [-0.2, -0.15) is 0 Å². The van der Waals surface area contributed by atoms with Crippen molar-refractivity contribution >= 4 is 23.4 Å². The van der Waals surface area contributed by atoms with E-state index in [1.54, 1.807) is 28.6 Å². The number of rotatable bonds is 5. The van der Waals surface area contributed by atoms with Gasteiger partial charge in [0.05, 0.1) is 6.33 Å². The van der Waals surface area contributed by atoms with Gasteiger partial charge in [0, 0.05) is 31.7 Å². The number of primary amides is 1. The molecule has 3 rings (SSSR count). The van der Waals surface area contributed by atoms with Crippen LogP contribution in [0.4, 0.5) is 10.1 Å². The van der Waals surface area contributed by atoms with E-state index in [4.69, 9.17) is 5.73 Å². The number of carbonyl (C=O) groups is 3. The number of imidazole rings is 1. The fraction of sp³-hybridized carbons (Fsp3) is 0.400. The highest BCUT2D eigenvalue weighted by atomic mass is 19.1. The number of nitrogens with zero attached hydrogens (tertiary/aromatic N) is 3. The molecule has 1 saturated carbocycles. The second-order valence-corrected chi connectivity index (χ2v) is 7.17. The van der Waals surface area contributed by atoms with Crippen molar-refractivity contribution in [1.82, 2.24) is 14.9 Å². The van der Waals surface area contributed by atoms with Crippen LogP contribution in [0.2, 0.25) is 0 Å². The molecule has 154 valence electrons. The first kappa shape index (κ1) is 20.5. The third-order valence-corrected chi connectivity index (χ3v) is 5.45. The van der Waals surface area contributed by atoms with Crippen molar-refractivity contribution in [2.45, 2.75) is 31.7 Å². The third kappa shape index (κ3) is 4.13. The molecule has 1 aromatic carbocycles. The molecule has 0 unspecified atom stereocenters. The van der Waals surface area contributed by atoms with E-state index in [1.165, 1.54) is 25.5 Å². The minimum atomic E-state index is -0.713. The number of aromatic nitrogens is 2. The van der Waals surface area contributed by atoms with Crippen LogP contribution >= 0.6 is 0 Å². The van der Waals surface area contributed by atoms with Crippen molar-refractivity contribution in [3.05, 3.63) is 47.8 Å². The van der Waals surface area contributed by atoms with E-state index in [0.29, 0.717) is 31.4 Å². The summed E-state index contributed by atoms with van der Waals surface area (Å²) >= 11 is 0. The summed E-state index contributed by atoms with van der Waals surface area (Å²) in [5.41, 5.74) is 6.21. The van der Waals surface area contributed by atoms with Crippen molar-refractivity contribution in [1.29, 1.82) is 0 Å². The average molecular weight is 401 g/mol. The minimum Gasteiger partial charge on any atom is -0.364 e. The van der Waals surface area contributed by atoms with E-state index in [2.05, 4.69) is 10.3 Å². The molecule has 1 aliphatic carbocycles. The van der Waals surface area contributed by atoms with Crippen LogP contribution in [0.3, 0.4) is 0 Å². The standard InChI is InChI=1S/C20H24FN5O3/c1-23-19(28)16-17(18(22)27)26(11-24-16)15-7-3-12(4-8-15)20(29)25(2)14-9-5-13(21)6-10-14/h5-6,9-12,15H,3-4,7-8H2,1-2H3,(H2,22,27)(H,23,28)/t12-,15-. The fourth-order valence-corrected chi connectivity index (χ4v) is 3.83. The molecule has 1 aromatic heterocycles. The topological polar surface area (TPSA) is 110 Å². The molecule has 9 heteroatoms. The lowest BCUT2D eigenvalue weighted by Gasteiger charge is -2.31. The number of halogens is 1. The summed E-state index contributed by atoms with van der Waals surface area (Å²) in [6, 6.07) is 5.73. The maximum Gasteiger partial charge on any atom is 0.272 e. The van der Waals surface area contributed by atoms with Gasteiger partial charge in [0.1, 0.15) is 11.5 Å². The van der Waals surface area contributed by atoms with Crippen molar-refractivity contribution in [3.8, 4) is 0 Å². The zero-order chi connectivity index (χ0) is 21.1. The molecule has 2 aromatic rings. The molecule has 1 fully saturated rings. The summed E-state index contributed by atoms with van der Waals surface area (Å²) in [7, 11) is 3.14. The molecule has 8 nitrogen and oxygen atoms in total. The highest BCUT2D eigenvalue weighted by Crippen LogP contribution is 2.35. The van der Waals surface area contributed by atoms with E-state index in [-0.39, 0.29) is 35.1 Å². The molecule has 0 saturated heterocycles. The van der Waals surface area contributed by atoms with Gasteiger partial charge >= 0.3 is 0 Å². The number of benzene rings is 1. The molecule has 0 bridgehead atoms. The summed E-state index contributed by atoms with van der Waals surface area (Å²) in [6.45, 7) is 0. The van der Waals surface area contributed by atoms with Gasteiger partial charge in [-0.1, -0.05) is 0 Å². The van der Waals surface area contributed by atoms with Gasteiger partial charge in [0.15, 0.2) is 5.69 Å². The number of nitrogens with two attached hydrogens (primary N) is 1. The van der Waals surface area contributed by atoms with Crippen LogP contribution in [0.1, 0.15) is 52.7 Å². The molecule has 1 heterocycles.